The van der Waals surface area contributed by atoms with Gasteiger partial charge in [0.05, 0.1) is 6.54 Å². The van der Waals surface area contributed by atoms with Gasteiger partial charge in [0.15, 0.2) is 0 Å². The Kier molecular flexibility index (Phi) is 5.98. The fraction of sp³-hybridized carbons (Fsp3) is 0.176. The summed E-state index contributed by atoms with van der Waals surface area (Å²) in [7, 11) is 0. The van der Waals surface area contributed by atoms with E-state index in [-0.39, 0.29) is 6.54 Å². The Hall–Kier alpha value is -2.00. The van der Waals surface area contributed by atoms with E-state index in [0.717, 1.165) is 19.5 Å². The number of hydrogen-bond acceptors (Lipinski definition) is 6. The molecule has 3 N–H and O–H groups in total. The second-order valence-corrected chi connectivity index (χ2v) is 8.26. The van der Waals surface area contributed by atoms with Crippen molar-refractivity contribution in [2.24, 2.45) is 0 Å². The molecule has 1 atom stereocenters. The third kappa shape index (κ3) is 4.76. The maximum absolute atomic E-state index is 11.8. The first kappa shape index (κ1) is 17.8. The average molecular weight is 393 g/mol. The highest BCUT2D eigenvalue weighted by molar-refractivity contribution is 7.21. The van der Waals surface area contributed by atoms with Crippen LogP contribution < -0.4 is 10.6 Å². The zero-order chi connectivity index (χ0) is 17.6. The lowest BCUT2D eigenvalue weighted by Crippen LogP contribution is -2.40. The van der Waals surface area contributed by atoms with Crippen LogP contribution in [0.2, 0.25) is 0 Å². The summed E-state index contributed by atoms with van der Waals surface area (Å²) < 4.78 is 0. The summed E-state index contributed by atoms with van der Waals surface area (Å²) in [6.07, 6.45) is -0.840. The highest BCUT2D eigenvalue weighted by Crippen LogP contribution is 2.33. The van der Waals surface area contributed by atoms with Crippen molar-refractivity contribution in [2.75, 3.05) is 6.54 Å². The van der Waals surface area contributed by atoms with Gasteiger partial charge in [0.1, 0.15) is 6.10 Å². The van der Waals surface area contributed by atoms with Gasteiger partial charge in [0, 0.05) is 26.1 Å². The molecule has 3 aromatic heterocycles. The molecule has 0 saturated heterocycles. The SMILES string of the molecule is O=C(NCc1cccs1)C(=O)NCC(O)c1ccc(-c2cccs2)s1. The minimum Gasteiger partial charge on any atom is -0.386 e. The Bertz CT molecular complexity index is 825. The Morgan fingerprint density at radius 2 is 1.72 bits per heavy atom. The predicted molar refractivity (Wildman–Crippen MR) is 102 cm³/mol. The molecule has 3 aromatic rings. The van der Waals surface area contributed by atoms with Gasteiger partial charge in [-0.1, -0.05) is 12.1 Å². The lowest BCUT2D eigenvalue weighted by Gasteiger charge is -2.10. The summed E-state index contributed by atoms with van der Waals surface area (Å²) in [5.74, 6) is -1.45. The number of aliphatic hydroxyl groups excluding tert-OH is 1. The Morgan fingerprint density at radius 3 is 2.44 bits per heavy atom. The van der Waals surface area contributed by atoms with E-state index in [0.29, 0.717) is 6.54 Å². The molecule has 25 heavy (non-hydrogen) atoms. The van der Waals surface area contributed by atoms with Crippen LogP contribution in [0.4, 0.5) is 0 Å². The van der Waals surface area contributed by atoms with Crippen LogP contribution in [-0.2, 0) is 16.1 Å². The van der Waals surface area contributed by atoms with Crippen LogP contribution in [0.15, 0.2) is 47.2 Å². The van der Waals surface area contributed by atoms with Crippen LogP contribution in [-0.4, -0.2) is 23.5 Å². The first-order valence-corrected chi connectivity index (χ1v) is 10.1. The highest BCUT2D eigenvalue weighted by Gasteiger charge is 2.17. The number of nitrogens with one attached hydrogen (secondary N) is 2. The smallest absolute Gasteiger partial charge is 0.309 e. The summed E-state index contributed by atoms with van der Waals surface area (Å²) in [5, 5.41) is 19.1. The molecule has 0 fully saturated rings. The number of carbonyl (C=O) groups excluding carboxylic acids is 2. The standard InChI is InChI=1S/C17H16N2O3S3/c20-12(13-5-6-15(25-13)14-4-2-8-24-14)10-19-17(22)16(21)18-9-11-3-1-7-23-11/h1-8,12,20H,9-10H2,(H,18,21)(H,19,22). The number of rotatable bonds is 6. The molecule has 0 aliphatic heterocycles. The van der Waals surface area contributed by atoms with E-state index in [9.17, 15) is 14.7 Å². The highest BCUT2D eigenvalue weighted by atomic mass is 32.1. The molecule has 3 heterocycles. The van der Waals surface area contributed by atoms with Crippen LogP contribution in [0, 0.1) is 0 Å². The first-order chi connectivity index (χ1) is 12.1. The van der Waals surface area contributed by atoms with Gasteiger partial charge in [-0.15, -0.1) is 34.0 Å². The van der Waals surface area contributed by atoms with Crippen molar-refractivity contribution in [1.29, 1.82) is 0 Å². The molecule has 0 aromatic carbocycles. The van der Waals surface area contributed by atoms with Gasteiger partial charge in [-0.2, -0.15) is 0 Å². The van der Waals surface area contributed by atoms with Crippen molar-refractivity contribution in [1.82, 2.24) is 10.6 Å². The van der Waals surface area contributed by atoms with Crippen molar-refractivity contribution in [3.05, 3.63) is 56.9 Å². The van der Waals surface area contributed by atoms with Crippen molar-refractivity contribution < 1.29 is 14.7 Å². The van der Waals surface area contributed by atoms with E-state index in [2.05, 4.69) is 10.6 Å². The van der Waals surface area contributed by atoms with E-state index >= 15 is 0 Å². The number of hydrogen-bond donors (Lipinski definition) is 3. The van der Waals surface area contributed by atoms with Crippen LogP contribution in [0.5, 0.6) is 0 Å². The molecule has 0 aliphatic rings. The molecule has 0 bridgehead atoms. The summed E-state index contributed by atoms with van der Waals surface area (Å²) in [6.45, 7) is 0.317. The second kappa shape index (κ2) is 8.39. The number of amides is 2. The summed E-state index contributed by atoms with van der Waals surface area (Å²) in [5.41, 5.74) is 0. The van der Waals surface area contributed by atoms with Crippen molar-refractivity contribution >= 4 is 45.8 Å². The minimum atomic E-state index is -0.840. The van der Waals surface area contributed by atoms with Gasteiger partial charge < -0.3 is 15.7 Å². The topological polar surface area (TPSA) is 78.4 Å². The van der Waals surface area contributed by atoms with Crippen LogP contribution >= 0.6 is 34.0 Å². The largest absolute Gasteiger partial charge is 0.386 e. The number of carbonyl (C=O) groups is 2. The molecule has 0 aliphatic carbocycles. The zero-order valence-corrected chi connectivity index (χ0v) is 15.5. The normalized spacial score (nSPS) is 11.9. The lowest BCUT2D eigenvalue weighted by atomic mass is 10.3. The molecular formula is C17H16N2O3S3. The number of aliphatic hydroxyl groups is 1. The second-order valence-electron chi connectivity index (χ2n) is 5.17. The van der Waals surface area contributed by atoms with Gasteiger partial charge in [-0.3, -0.25) is 9.59 Å². The van der Waals surface area contributed by atoms with E-state index in [4.69, 9.17) is 0 Å². The van der Waals surface area contributed by atoms with E-state index < -0.39 is 17.9 Å². The Labute approximate surface area is 157 Å². The molecule has 0 radical (unpaired) electrons. The molecule has 2 amide bonds. The molecule has 3 rings (SSSR count). The van der Waals surface area contributed by atoms with E-state index in [1.165, 1.54) is 22.7 Å². The van der Waals surface area contributed by atoms with Crippen molar-refractivity contribution in [3.8, 4) is 9.75 Å². The molecule has 0 spiro atoms. The maximum Gasteiger partial charge on any atom is 0.309 e. The summed E-state index contributed by atoms with van der Waals surface area (Å²) in [6, 6.07) is 11.6. The third-order valence-corrected chi connectivity index (χ3v) is 6.51. The fourth-order valence-electron chi connectivity index (χ4n) is 2.11. The minimum absolute atomic E-state index is 0.00432. The van der Waals surface area contributed by atoms with Crippen molar-refractivity contribution in [2.45, 2.75) is 12.6 Å². The molecule has 130 valence electrons. The van der Waals surface area contributed by atoms with Gasteiger partial charge in [0.25, 0.3) is 0 Å². The van der Waals surface area contributed by atoms with Gasteiger partial charge in [-0.05, 0) is 35.0 Å². The first-order valence-electron chi connectivity index (χ1n) is 7.53. The third-order valence-electron chi connectivity index (χ3n) is 3.38. The summed E-state index contributed by atoms with van der Waals surface area (Å²) >= 11 is 4.62. The van der Waals surface area contributed by atoms with Gasteiger partial charge in [0.2, 0.25) is 0 Å². The monoisotopic (exact) mass is 392 g/mol. The van der Waals surface area contributed by atoms with Crippen molar-refractivity contribution in [3.63, 3.8) is 0 Å². The maximum atomic E-state index is 11.8. The van der Waals surface area contributed by atoms with E-state index in [1.54, 1.807) is 11.3 Å². The van der Waals surface area contributed by atoms with Crippen LogP contribution in [0.1, 0.15) is 15.9 Å². The average Bonchev–Trinajstić information content (AvgIpc) is 3.37. The molecular weight excluding hydrogens is 376 g/mol. The van der Waals surface area contributed by atoms with Gasteiger partial charge >= 0.3 is 11.8 Å². The zero-order valence-electron chi connectivity index (χ0n) is 13.1. The predicted octanol–water partition coefficient (Wildman–Crippen LogP) is 3.00. The van der Waals surface area contributed by atoms with Crippen LogP contribution in [0.25, 0.3) is 9.75 Å². The number of thiophene rings is 3. The van der Waals surface area contributed by atoms with Crippen LogP contribution in [0.3, 0.4) is 0 Å². The Balaban J connectivity index is 1.47. The fourth-order valence-corrected chi connectivity index (χ4v) is 4.59. The molecule has 0 saturated carbocycles. The molecule has 8 heteroatoms. The molecule has 5 nitrogen and oxygen atoms in total. The van der Waals surface area contributed by atoms with Gasteiger partial charge in [-0.25, -0.2) is 0 Å². The molecule has 1 unspecified atom stereocenters. The van der Waals surface area contributed by atoms with E-state index in [1.807, 2.05) is 47.2 Å². The Morgan fingerprint density at radius 1 is 0.960 bits per heavy atom. The quantitative estimate of drug-likeness (QED) is 0.564. The summed E-state index contributed by atoms with van der Waals surface area (Å²) in [4.78, 5) is 27.5. The lowest BCUT2D eigenvalue weighted by molar-refractivity contribution is -0.139.